The van der Waals surface area contributed by atoms with Crippen LogP contribution in [-0.4, -0.2) is 51.7 Å². The number of aliphatic carboxylic acids is 1. The monoisotopic (exact) mass is 292 g/mol. The first-order chi connectivity index (χ1) is 9.92. The van der Waals surface area contributed by atoms with E-state index in [1.54, 1.807) is 26.2 Å². The van der Waals surface area contributed by atoms with Gasteiger partial charge in [-0.15, -0.1) is 10.2 Å². The summed E-state index contributed by atoms with van der Waals surface area (Å²) < 4.78 is 0. The highest BCUT2D eigenvalue weighted by Gasteiger charge is 2.36. The van der Waals surface area contributed by atoms with Crippen LogP contribution in [0, 0.1) is 0 Å². The van der Waals surface area contributed by atoms with Gasteiger partial charge in [0.05, 0.1) is 6.42 Å². The molecule has 2 N–H and O–H groups in total. The highest BCUT2D eigenvalue weighted by atomic mass is 16.4. The summed E-state index contributed by atoms with van der Waals surface area (Å²) in [6.45, 7) is 0. The van der Waals surface area contributed by atoms with E-state index in [4.69, 9.17) is 5.11 Å². The van der Waals surface area contributed by atoms with Gasteiger partial charge in [-0.1, -0.05) is 12.8 Å². The van der Waals surface area contributed by atoms with Gasteiger partial charge in [0.2, 0.25) is 0 Å². The summed E-state index contributed by atoms with van der Waals surface area (Å²) in [5.74, 6) is -0.527. The number of carboxylic acids is 1. The number of aromatic nitrogens is 2. The molecule has 0 aromatic carbocycles. The molecule has 0 radical (unpaired) electrons. The number of carbonyl (C=O) groups excluding carboxylic acids is 1. The van der Waals surface area contributed by atoms with Crippen molar-refractivity contribution in [3.05, 3.63) is 17.8 Å². The maximum absolute atomic E-state index is 11.7. The lowest BCUT2D eigenvalue weighted by atomic mass is 9.93. The fraction of sp³-hybridized carbons (Fsp3) is 0.571. The van der Waals surface area contributed by atoms with Gasteiger partial charge >= 0.3 is 5.97 Å². The van der Waals surface area contributed by atoms with Crippen molar-refractivity contribution in [1.82, 2.24) is 15.1 Å². The second kappa shape index (κ2) is 6.07. The minimum atomic E-state index is -0.822. The molecule has 1 fully saturated rings. The first kappa shape index (κ1) is 15.2. The number of carboxylic acid groups (broad SMARTS) is 1. The van der Waals surface area contributed by atoms with E-state index in [1.807, 2.05) is 0 Å². The zero-order valence-electron chi connectivity index (χ0n) is 12.3. The van der Waals surface area contributed by atoms with Crippen LogP contribution in [-0.2, 0) is 4.79 Å². The SMILES string of the molecule is CN(C)C(=O)c1ccc(NC2(CC(=O)O)CCCC2)nn1. The Balaban J connectivity index is 2.11. The van der Waals surface area contributed by atoms with Crippen LogP contribution < -0.4 is 5.32 Å². The first-order valence-electron chi connectivity index (χ1n) is 6.97. The van der Waals surface area contributed by atoms with Crippen LogP contribution >= 0.6 is 0 Å². The Morgan fingerprint density at radius 1 is 1.29 bits per heavy atom. The molecule has 7 heteroatoms. The van der Waals surface area contributed by atoms with Crippen molar-refractivity contribution in [2.45, 2.75) is 37.6 Å². The normalized spacial score (nSPS) is 16.5. The van der Waals surface area contributed by atoms with E-state index in [-0.39, 0.29) is 18.0 Å². The first-order valence-corrected chi connectivity index (χ1v) is 6.97. The highest BCUT2D eigenvalue weighted by molar-refractivity contribution is 5.91. The number of nitrogens with one attached hydrogen (secondary N) is 1. The standard InChI is InChI=1S/C14H20N4O3/c1-18(2)13(21)10-5-6-11(17-16-10)15-14(9-12(19)20)7-3-4-8-14/h5-6H,3-4,7-9H2,1-2H3,(H,15,17)(H,19,20). The lowest BCUT2D eigenvalue weighted by Gasteiger charge is -2.29. The molecule has 1 aromatic rings. The Bertz CT molecular complexity index is 522. The second-order valence-electron chi connectivity index (χ2n) is 5.69. The molecular formula is C14H20N4O3. The van der Waals surface area contributed by atoms with Crippen LogP contribution in [0.2, 0.25) is 0 Å². The topological polar surface area (TPSA) is 95.4 Å². The van der Waals surface area contributed by atoms with Crippen LogP contribution in [0.4, 0.5) is 5.82 Å². The molecule has 0 bridgehead atoms. The van der Waals surface area contributed by atoms with Crippen molar-refractivity contribution in [3.63, 3.8) is 0 Å². The third-order valence-electron chi connectivity index (χ3n) is 3.73. The fourth-order valence-corrected chi connectivity index (χ4v) is 2.70. The third kappa shape index (κ3) is 3.68. The van der Waals surface area contributed by atoms with Crippen molar-refractivity contribution >= 4 is 17.7 Å². The zero-order chi connectivity index (χ0) is 15.5. The molecule has 1 saturated carbocycles. The van der Waals surface area contributed by atoms with Gasteiger partial charge in [-0.05, 0) is 25.0 Å². The Morgan fingerprint density at radius 2 is 1.95 bits per heavy atom. The largest absolute Gasteiger partial charge is 0.481 e. The van der Waals surface area contributed by atoms with E-state index in [2.05, 4.69) is 15.5 Å². The predicted octanol–water partition coefficient (Wildman–Crippen LogP) is 1.38. The molecule has 1 aliphatic rings. The van der Waals surface area contributed by atoms with Crippen LogP contribution in [0.15, 0.2) is 12.1 Å². The number of amides is 1. The number of carbonyl (C=O) groups is 2. The van der Waals surface area contributed by atoms with Crippen molar-refractivity contribution < 1.29 is 14.7 Å². The second-order valence-corrected chi connectivity index (χ2v) is 5.69. The quantitative estimate of drug-likeness (QED) is 0.851. The van der Waals surface area contributed by atoms with Crippen LogP contribution in [0.5, 0.6) is 0 Å². The predicted molar refractivity (Wildman–Crippen MR) is 77.1 cm³/mol. The van der Waals surface area contributed by atoms with Gasteiger partial charge in [0.1, 0.15) is 5.82 Å². The average Bonchev–Trinajstić information content (AvgIpc) is 2.86. The molecule has 21 heavy (non-hydrogen) atoms. The Morgan fingerprint density at radius 3 is 2.43 bits per heavy atom. The van der Waals surface area contributed by atoms with E-state index in [0.29, 0.717) is 5.82 Å². The molecule has 0 spiro atoms. The molecule has 0 aliphatic heterocycles. The van der Waals surface area contributed by atoms with Crippen molar-refractivity contribution in [3.8, 4) is 0 Å². The molecular weight excluding hydrogens is 272 g/mol. The summed E-state index contributed by atoms with van der Waals surface area (Å²) in [6.07, 6.45) is 3.68. The average molecular weight is 292 g/mol. The van der Waals surface area contributed by atoms with Crippen molar-refractivity contribution in [2.24, 2.45) is 0 Å². The number of hydrogen-bond donors (Lipinski definition) is 2. The molecule has 0 saturated heterocycles. The van der Waals surface area contributed by atoms with Crippen LogP contribution in [0.1, 0.15) is 42.6 Å². The van der Waals surface area contributed by atoms with Crippen LogP contribution in [0.3, 0.4) is 0 Å². The molecule has 114 valence electrons. The summed E-state index contributed by atoms with van der Waals surface area (Å²) >= 11 is 0. The smallest absolute Gasteiger partial charge is 0.305 e. The Kier molecular flexibility index (Phi) is 4.40. The molecule has 1 amide bonds. The lowest BCUT2D eigenvalue weighted by molar-refractivity contribution is -0.138. The van der Waals surface area contributed by atoms with Crippen LogP contribution in [0.25, 0.3) is 0 Å². The van der Waals surface area contributed by atoms with E-state index in [0.717, 1.165) is 25.7 Å². The maximum atomic E-state index is 11.7. The van der Waals surface area contributed by atoms with E-state index in [1.165, 1.54) is 4.90 Å². The molecule has 1 heterocycles. The number of anilines is 1. The third-order valence-corrected chi connectivity index (χ3v) is 3.73. The zero-order valence-corrected chi connectivity index (χ0v) is 12.3. The Hall–Kier alpha value is -2.18. The van der Waals surface area contributed by atoms with Gasteiger partial charge in [-0.3, -0.25) is 9.59 Å². The summed E-state index contributed by atoms with van der Waals surface area (Å²) in [5, 5.41) is 20.2. The van der Waals surface area contributed by atoms with E-state index < -0.39 is 11.5 Å². The van der Waals surface area contributed by atoms with Gasteiger partial charge in [0.15, 0.2) is 5.69 Å². The van der Waals surface area contributed by atoms with Gasteiger partial charge < -0.3 is 15.3 Å². The molecule has 1 aromatic heterocycles. The highest BCUT2D eigenvalue weighted by Crippen LogP contribution is 2.35. The molecule has 0 atom stereocenters. The summed E-state index contributed by atoms with van der Waals surface area (Å²) in [6, 6.07) is 3.27. The molecule has 2 rings (SSSR count). The molecule has 7 nitrogen and oxygen atoms in total. The molecule has 1 aliphatic carbocycles. The number of hydrogen-bond acceptors (Lipinski definition) is 5. The van der Waals surface area contributed by atoms with Gasteiger partial charge in [-0.25, -0.2) is 0 Å². The van der Waals surface area contributed by atoms with E-state index >= 15 is 0 Å². The maximum Gasteiger partial charge on any atom is 0.305 e. The van der Waals surface area contributed by atoms with Crippen molar-refractivity contribution in [1.29, 1.82) is 0 Å². The van der Waals surface area contributed by atoms with Gasteiger partial charge in [-0.2, -0.15) is 0 Å². The number of nitrogens with zero attached hydrogens (tertiary/aromatic N) is 3. The number of rotatable bonds is 5. The summed E-state index contributed by atoms with van der Waals surface area (Å²) in [5.41, 5.74) is -0.183. The fourth-order valence-electron chi connectivity index (χ4n) is 2.70. The van der Waals surface area contributed by atoms with Crippen molar-refractivity contribution in [2.75, 3.05) is 19.4 Å². The van der Waals surface area contributed by atoms with E-state index in [9.17, 15) is 9.59 Å². The minimum absolute atomic E-state index is 0.0626. The Labute approximate surface area is 123 Å². The summed E-state index contributed by atoms with van der Waals surface area (Å²) in [7, 11) is 3.30. The lowest BCUT2D eigenvalue weighted by Crippen LogP contribution is -2.38. The summed E-state index contributed by atoms with van der Waals surface area (Å²) in [4.78, 5) is 24.2. The minimum Gasteiger partial charge on any atom is -0.481 e. The van der Waals surface area contributed by atoms with Gasteiger partial charge in [0, 0.05) is 19.6 Å². The molecule has 0 unspecified atom stereocenters. The van der Waals surface area contributed by atoms with Gasteiger partial charge in [0.25, 0.3) is 5.91 Å².